The normalized spacial score (nSPS) is 20.9. The van der Waals surface area contributed by atoms with Gasteiger partial charge in [0.25, 0.3) is 0 Å². The molecule has 1 aliphatic heterocycles. The fourth-order valence-electron chi connectivity index (χ4n) is 2.50. The molecule has 0 aromatic heterocycles. The molecule has 0 spiro atoms. The van der Waals surface area contributed by atoms with E-state index in [0.29, 0.717) is 24.0 Å². The van der Waals surface area contributed by atoms with Crippen LogP contribution in [-0.4, -0.2) is 18.9 Å². The molecule has 0 bridgehead atoms. The zero-order valence-corrected chi connectivity index (χ0v) is 11.4. The Bertz CT molecular complexity index is 390. The lowest BCUT2D eigenvalue weighted by Gasteiger charge is -2.10. The third-order valence-corrected chi connectivity index (χ3v) is 4.05. The zero-order valence-electron chi connectivity index (χ0n) is 11.4. The Morgan fingerprint density at radius 2 is 2.11 bits per heavy atom. The van der Waals surface area contributed by atoms with E-state index in [2.05, 4.69) is 31.3 Å². The summed E-state index contributed by atoms with van der Waals surface area (Å²) in [6.45, 7) is 6.47. The van der Waals surface area contributed by atoms with Crippen molar-refractivity contribution in [1.29, 1.82) is 0 Å². The quantitative estimate of drug-likeness (QED) is 0.806. The van der Waals surface area contributed by atoms with Gasteiger partial charge in [-0.05, 0) is 43.3 Å². The first-order chi connectivity index (χ1) is 8.70. The van der Waals surface area contributed by atoms with Crippen LogP contribution >= 0.6 is 0 Å². The highest BCUT2D eigenvalue weighted by atomic mass is 16.1. The molecule has 1 aromatic rings. The second kappa shape index (κ2) is 6.14. The minimum absolute atomic E-state index is 0.291. The summed E-state index contributed by atoms with van der Waals surface area (Å²) in [5.41, 5.74) is 2.20. The zero-order chi connectivity index (χ0) is 13.0. The van der Waals surface area contributed by atoms with E-state index >= 15 is 0 Å². The molecule has 1 saturated heterocycles. The summed E-state index contributed by atoms with van der Waals surface area (Å²) in [6, 6.07) is 8.20. The van der Waals surface area contributed by atoms with E-state index in [0.717, 1.165) is 31.5 Å². The Balaban J connectivity index is 1.97. The van der Waals surface area contributed by atoms with Gasteiger partial charge >= 0.3 is 0 Å². The lowest BCUT2D eigenvalue weighted by molar-refractivity contribution is 0.0964. The lowest BCUT2D eigenvalue weighted by atomic mass is 9.94. The Morgan fingerprint density at radius 3 is 2.67 bits per heavy atom. The van der Waals surface area contributed by atoms with Crippen LogP contribution in [0, 0.1) is 5.92 Å². The monoisotopic (exact) mass is 245 g/mol. The molecule has 0 aliphatic carbocycles. The third kappa shape index (κ3) is 3.20. The number of ketones is 1. The lowest BCUT2D eigenvalue weighted by Crippen LogP contribution is -2.12. The van der Waals surface area contributed by atoms with E-state index in [9.17, 15) is 4.79 Å². The Kier molecular flexibility index (Phi) is 4.54. The van der Waals surface area contributed by atoms with Crippen molar-refractivity contribution in [3.05, 3.63) is 35.4 Å². The van der Waals surface area contributed by atoms with Gasteiger partial charge in [-0.1, -0.05) is 38.1 Å². The van der Waals surface area contributed by atoms with Gasteiger partial charge in [-0.25, -0.2) is 0 Å². The number of carbonyl (C=O) groups is 1. The molecule has 1 fully saturated rings. The van der Waals surface area contributed by atoms with E-state index in [4.69, 9.17) is 0 Å². The van der Waals surface area contributed by atoms with Crippen LogP contribution in [0.4, 0.5) is 0 Å². The van der Waals surface area contributed by atoms with E-state index < -0.39 is 0 Å². The van der Waals surface area contributed by atoms with Crippen LogP contribution in [-0.2, 0) is 0 Å². The highest BCUT2D eigenvalue weighted by Crippen LogP contribution is 2.21. The summed E-state index contributed by atoms with van der Waals surface area (Å²) in [6.07, 6.45) is 2.97. The molecule has 1 heterocycles. The van der Waals surface area contributed by atoms with Gasteiger partial charge in [0, 0.05) is 12.0 Å². The SMILES string of the molecule is CCC(C)c1ccc(C(=O)CC2CCNC2)cc1. The van der Waals surface area contributed by atoms with Gasteiger partial charge < -0.3 is 5.32 Å². The second-order valence-corrected chi connectivity index (χ2v) is 5.42. The minimum atomic E-state index is 0.291. The molecule has 98 valence electrons. The van der Waals surface area contributed by atoms with Crippen LogP contribution in [0.15, 0.2) is 24.3 Å². The number of carbonyl (C=O) groups excluding carboxylic acids is 1. The number of rotatable bonds is 5. The van der Waals surface area contributed by atoms with Crippen LogP contribution in [0.3, 0.4) is 0 Å². The maximum absolute atomic E-state index is 12.1. The molecule has 0 radical (unpaired) electrons. The molecular formula is C16H23NO. The van der Waals surface area contributed by atoms with Gasteiger partial charge in [-0.3, -0.25) is 4.79 Å². The van der Waals surface area contributed by atoms with Crippen molar-refractivity contribution in [2.75, 3.05) is 13.1 Å². The van der Waals surface area contributed by atoms with Gasteiger partial charge in [0.1, 0.15) is 0 Å². The van der Waals surface area contributed by atoms with Crippen LogP contribution < -0.4 is 5.32 Å². The van der Waals surface area contributed by atoms with Crippen LogP contribution in [0.2, 0.25) is 0 Å². The molecule has 0 saturated carbocycles. The average molecular weight is 245 g/mol. The second-order valence-electron chi connectivity index (χ2n) is 5.42. The fraction of sp³-hybridized carbons (Fsp3) is 0.562. The summed E-state index contributed by atoms with van der Waals surface area (Å²) >= 11 is 0. The van der Waals surface area contributed by atoms with Gasteiger partial charge in [-0.2, -0.15) is 0 Å². The van der Waals surface area contributed by atoms with Crippen molar-refractivity contribution < 1.29 is 4.79 Å². The maximum atomic E-state index is 12.1. The number of Topliss-reactive ketones (excluding diaryl/α,β-unsaturated/α-hetero) is 1. The predicted octanol–water partition coefficient (Wildman–Crippen LogP) is 3.38. The van der Waals surface area contributed by atoms with Gasteiger partial charge in [0.15, 0.2) is 5.78 Å². The molecule has 1 aliphatic rings. The molecule has 2 unspecified atom stereocenters. The summed E-state index contributed by atoms with van der Waals surface area (Å²) in [5.74, 6) is 1.40. The smallest absolute Gasteiger partial charge is 0.163 e. The molecule has 2 rings (SSSR count). The molecule has 0 amide bonds. The predicted molar refractivity (Wildman–Crippen MR) is 75.1 cm³/mol. The molecule has 2 heteroatoms. The number of benzene rings is 1. The highest BCUT2D eigenvalue weighted by molar-refractivity contribution is 5.96. The van der Waals surface area contributed by atoms with Crippen LogP contribution in [0.1, 0.15) is 54.9 Å². The standard InChI is InChI=1S/C16H23NO/c1-3-12(2)14-4-6-15(7-5-14)16(18)10-13-8-9-17-11-13/h4-7,12-13,17H,3,8-11H2,1-2H3. The molecule has 2 nitrogen and oxygen atoms in total. The summed E-state index contributed by atoms with van der Waals surface area (Å²) in [5, 5.41) is 3.31. The Labute approximate surface area is 110 Å². The molecule has 2 atom stereocenters. The fourth-order valence-corrected chi connectivity index (χ4v) is 2.50. The first-order valence-corrected chi connectivity index (χ1v) is 7.04. The molecule has 18 heavy (non-hydrogen) atoms. The molecule has 1 aromatic carbocycles. The number of hydrogen-bond donors (Lipinski definition) is 1. The third-order valence-electron chi connectivity index (χ3n) is 4.05. The molecule has 1 N–H and O–H groups in total. The van der Waals surface area contributed by atoms with Crippen LogP contribution in [0.25, 0.3) is 0 Å². The Hall–Kier alpha value is -1.15. The summed E-state index contributed by atoms with van der Waals surface area (Å²) < 4.78 is 0. The van der Waals surface area contributed by atoms with E-state index in [-0.39, 0.29) is 0 Å². The van der Waals surface area contributed by atoms with E-state index in [1.54, 1.807) is 0 Å². The summed E-state index contributed by atoms with van der Waals surface area (Å²) in [7, 11) is 0. The van der Waals surface area contributed by atoms with E-state index in [1.165, 1.54) is 5.56 Å². The van der Waals surface area contributed by atoms with Gasteiger partial charge in [-0.15, -0.1) is 0 Å². The number of nitrogens with one attached hydrogen (secondary N) is 1. The van der Waals surface area contributed by atoms with E-state index in [1.807, 2.05) is 12.1 Å². The van der Waals surface area contributed by atoms with Gasteiger partial charge in [0.2, 0.25) is 0 Å². The number of hydrogen-bond acceptors (Lipinski definition) is 2. The summed E-state index contributed by atoms with van der Waals surface area (Å²) in [4.78, 5) is 12.1. The first-order valence-electron chi connectivity index (χ1n) is 7.04. The van der Waals surface area contributed by atoms with Crippen LogP contribution in [0.5, 0.6) is 0 Å². The average Bonchev–Trinajstić information content (AvgIpc) is 2.91. The van der Waals surface area contributed by atoms with Crippen molar-refractivity contribution in [3.63, 3.8) is 0 Å². The maximum Gasteiger partial charge on any atom is 0.163 e. The van der Waals surface area contributed by atoms with Gasteiger partial charge in [0.05, 0.1) is 0 Å². The molecular weight excluding hydrogens is 222 g/mol. The van der Waals surface area contributed by atoms with Crippen molar-refractivity contribution >= 4 is 5.78 Å². The minimum Gasteiger partial charge on any atom is -0.316 e. The van der Waals surface area contributed by atoms with Crippen molar-refractivity contribution in [2.24, 2.45) is 5.92 Å². The first kappa shape index (κ1) is 13.3. The topological polar surface area (TPSA) is 29.1 Å². The van der Waals surface area contributed by atoms with Crippen molar-refractivity contribution in [3.8, 4) is 0 Å². The van der Waals surface area contributed by atoms with Crippen molar-refractivity contribution in [1.82, 2.24) is 5.32 Å². The van der Waals surface area contributed by atoms with Crippen molar-refractivity contribution in [2.45, 2.75) is 39.0 Å². The largest absolute Gasteiger partial charge is 0.316 e. The Morgan fingerprint density at radius 1 is 1.39 bits per heavy atom. The highest BCUT2D eigenvalue weighted by Gasteiger charge is 2.18.